The topological polar surface area (TPSA) is 71.0 Å². The first-order valence-corrected chi connectivity index (χ1v) is 11.1. The van der Waals surface area contributed by atoms with Crippen molar-refractivity contribution in [3.63, 3.8) is 0 Å². The lowest BCUT2D eigenvalue weighted by Gasteiger charge is -2.33. The zero-order valence-electron chi connectivity index (χ0n) is 17.3. The molecule has 156 valence electrons. The number of rotatable bonds is 3. The summed E-state index contributed by atoms with van der Waals surface area (Å²) in [5, 5.41) is 0.923. The second kappa shape index (κ2) is 7.08. The summed E-state index contributed by atoms with van der Waals surface area (Å²) < 4.78 is 1.87. The number of fused-ring (bicyclic) bond motifs is 2. The minimum Gasteiger partial charge on any atom is -0.338 e. The predicted octanol–water partition coefficient (Wildman–Crippen LogP) is 4.23. The molecule has 2 aromatic heterocycles. The number of piperidine rings is 1. The highest BCUT2D eigenvalue weighted by atomic mass is 16.2. The highest BCUT2D eigenvalue weighted by Gasteiger charge is 2.30. The molecule has 0 spiro atoms. The van der Waals surface area contributed by atoms with Crippen molar-refractivity contribution < 1.29 is 4.79 Å². The third kappa shape index (κ3) is 3.14. The Morgan fingerprint density at radius 2 is 1.71 bits per heavy atom. The van der Waals surface area contributed by atoms with Crippen molar-refractivity contribution in [2.24, 2.45) is 0 Å². The summed E-state index contributed by atoms with van der Waals surface area (Å²) in [6.45, 7) is 1.29. The first kappa shape index (κ1) is 18.4. The van der Waals surface area contributed by atoms with E-state index >= 15 is 0 Å². The first-order valence-electron chi connectivity index (χ1n) is 11.1. The Morgan fingerprint density at radius 1 is 0.968 bits per heavy atom. The second-order valence-electron chi connectivity index (χ2n) is 8.73. The highest BCUT2D eigenvalue weighted by molar-refractivity contribution is 6.06. The number of para-hydroxylation sites is 3. The molecular weight excluding hydrogens is 388 g/mol. The van der Waals surface area contributed by atoms with Gasteiger partial charge in [0.2, 0.25) is 0 Å². The molecule has 6 rings (SSSR count). The minimum absolute atomic E-state index is 0.0693. The van der Waals surface area contributed by atoms with E-state index in [2.05, 4.69) is 4.98 Å². The Balaban J connectivity index is 1.28. The molecule has 1 saturated heterocycles. The van der Waals surface area contributed by atoms with Crippen molar-refractivity contribution in [1.29, 1.82) is 0 Å². The van der Waals surface area contributed by atoms with E-state index in [-0.39, 0.29) is 17.6 Å². The van der Waals surface area contributed by atoms with Gasteiger partial charge in [0, 0.05) is 36.1 Å². The van der Waals surface area contributed by atoms with E-state index in [1.807, 2.05) is 64.1 Å². The summed E-state index contributed by atoms with van der Waals surface area (Å²) in [6.07, 6.45) is 3.85. The van der Waals surface area contributed by atoms with Gasteiger partial charge >= 0.3 is 5.69 Å². The van der Waals surface area contributed by atoms with E-state index in [1.165, 1.54) is 0 Å². The van der Waals surface area contributed by atoms with Crippen molar-refractivity contribution in [1.82, 2.24) is 19.4 Å². The van der Waals surface area contributed by atoms with Crippen molar-refractivity contribution in [2.75, 3.05) is 13.1 Å². The SMILES string of the molecule is O=C(c1cc(C2CC2)nc2ccccc12)N1CCC(n2c(=O)[nH]c3ccccc32)CC1. The zero-order chi connectivity index (χ0) is 20.9. The molecule has 1 aliphatic heterocycles. The summed E-state index contributed by atoms with van der Waals surface area (Å²) in [7, 11) is 0. The monoisotopic (exact) mass is 412 g/mol. The molecule has 0 atom stereocenters. The molecule has 2 aliphatic rings. The van der Waals surface area contributed by atoms with Crippen LogP contribution in [0.3, 0.4) is 0 Å². The van der Waals surface area contributed by atoms with Gasteiger partial charge in [0.25, 0.3) is 5.91 Å². The van der Waals surface area contributed by atoms with E-state index in [0.717, 1.165) is 58.9 Å². The number of hydrogen-bond donors (Lipinski definition) is 1. The summed E-state index contributed by atoms with van der Waals surface area (Å²) in [5.74, 6) is 0.570. The molecule has 1 aliphatic carbocycles. The van der Waals surface area contributed by atoms with Gasteiger partial charge in [0.15, 0.2) is 0 Å². The van der Waals surface area contributed by atoms with Gasteiger partial charge in [-0.3, -0.25) is 14.3 Å². The van der Waals surface area contributed by atoms with Crippen LogP contribution in [-0.4, -0.2) is 38.4 Å². The molecule has 1 saturated carbocycles. The molecule has 0 unspecified atom stereocenters. The van der Waals surface area contributed by atoms with E-state index in [9.17, 15) is 9.59 Å². The quantitative estimate of drug-likeness (QED) is 0.547. The largest absolute Gasteiger partial charge is 0.338 e. The average Bonchev–Trinajstić information content (AvgIpc) is 3.60. The maximum absolute atomic E-state index is 13.5. The van der Waals surface area contributed by atoms with Crippen LogP contribution < -0.4 is 5.69 Å². The normalized spacial score (nSPS) is 17.5. The van der Waals surface area contributed by atoms with Crippen LogP contribution in [0.4, 0.5) is 0 Å². The van der Waals surface area contributed by atoms with Crippen LogP contribution in [0.2, 0.25) is 0 Å². The number of carbonyl (C=O) groups excluding carboxylic acids is 1. The van der Waals surface area contributed by atoms with Gasteiger partial charge in [0.05, 0.1) is 22.1 Å². The number of hydrogen-bond acceptors (Lipinski definition) is 3. The Kier molecular flexibility index (Phi) is 4.19. The van der Waals surface area contributed by atoms with Crippen molar-refractivity contribution in [3.8, 4) is 0 Å². The molecule has 1 amide bonds. The molecule has 2 aromatic carbocycles. The Hall–Kier alpha value is -3.41. The number of imidazole rings is 1. The number of benzene rings is 2. The van der Waals surface area contributed by atoms with Crippen LogP contribution in [0.15, 0.2) is 59.4 Å². The van der Waals surface area contributed by atoms with E-state index < -0.39 is 0 Å². The molecule has 6 heteroatoms. The average molecular weight is 412 g/mol. The Bertz CT molecular complexity index is 1360. The number of nitrogens with zero attached hydrogens (tertiary/aromatic N) is 3. The summed E-state index contributed by atoms with van der Waals surface area (Å²) in [5.41, 5.74) is 4.43. The molecule has 1 N–H and O–H groups in total. The molecule has 0 bridgehead atoms. The lowest BCUT2D eigenvalue weighted by Crippen LogP contribution is -2.40. The number of H-pyrrole nitrogens is 1. The van der Waals surface area contributed by atoms with Gasteiger partial charge in [-0.25, -0.2) is 4.79 Å². The molecule has 31 heavy (non-hydrogen) atoms. The zero-order valence-corrected chi connectivity index (χ0v) is 17.3. The van der Waals surface area contributed by atoms with Crippen LogP contribution in [-0.2, 0) is 0 Å². The Morgan fingerprint density at radius 3 is 2.52 bits per heavy atom. The molecule has 6 nitrogen and oxygen atoms in total. The lowest BCUT2D eigenvalue weighted by atomic mass is 10.0. The van der Waals surface area contributed by atoms with Gasteiger partial charge in [-0.2, -0.15) is 0 Å². The fourth-order valence-corrected chi connectivity index (χ4v) is 4.90. The van der Waals surface area contributed by atoms with Crippen molar-refractivity contribution >= 4 is 27.8 Å². The maximum Gasteiger partial charge on any atom is 0.326 e. The smallest absolute Gasteiger partial charge is 0.326 e. The minimum atomic E-state index is -0.0693. The molecular formula is C25H24N4O2. The summed E-state index contributed by atoms with van der Waals surface area (Å²) >= 11 is 0. The summed E-state index contributed by atoms with van der Waals surface area (Å²) in [6, 6.07) is 17.8. The maximum atomic E-state index is 13.5. The fourth-order valence-electron chi connectivity index (χ4n) is 4.90. The number of likely N-dealkylation sites (tertiary alicyclic amines) is 1. The van der Waals surface area contributed by atoms with Crippen molar-refractivity contribution in [3.05, 3.63) is 76.3 Å². The first-order chi connectivity index (χ1) is 15.2. The lowest BCUT2D eigenvalue weighted by molar-refractivity contribution is 0.0697. The predicted molar refractivity (Wildman–Crippen MR) is 120 cm³/mol. The third-order valence-electron chi connectivity index (χ3n) is 6.70. The van der Waals surface area contributed by atoms with Crippen LogP contribution in [0, 0.1) is 0 Å². The third-order valence-corrected chi connectivity index (χ3v) is 6.70. The number of aromatic nitrogens is 3. The molecule has 0 radical (unpaired) electrons. The number of nitrogens with one attached hydrogen (secondary N) is 1. The standard InChI is InChI=1S/C25H24N4O2/c30-24(19-15-22(16-9-10-16)26-20-6-2-1-5-18(19)20)28-13-11-17(12-14-28)29-23-8-4-3-7-21(23)27-25(29)31/h1-8,15-17H,9-14H2,(H,27,31). The molecule has 3 heterocycles. The van der Waals surface area contributed by atoms with E-state index in [4.69, 9.17) is 4.98 Å². The number of amides is 1. The molecule has 4 aromatic rings. The van der Waals surface area contributed by atoms with Gasteiger partial charge in [-0.15, -0.1) is 0 Å². The van der Waals surface area contributed by atoms with E-state index in [1.54, 1.807) is 0 Å². The number of aromatic amines is 1. The van der Waals surface area contributed by atoms with Crippen LogP contribution in [0.1, 0.15) is 53.7 Å². The van der Waals surface area contributed by atoms with Gasteiger partial charge in [0.1, 0.15) is 0 Å². The summed E-state index contributed by atoms with van der Waals surface area (Å²) in [4.78, 5) is 35.7. The second-order valence-corrected chi connectivity index (χ2v) is 8.73. The van der Waals surface area contributed by atoms with Crippen molar-refractivity contribution in [2.45, 2.75) is 37.6 Å². The number of carbonyl (C=O) groups is 1. The highest BCUT2D eigenvalue weighted by Crippen LogP contribution is 2.40. The van der Waals surface area contributed by atoms with Crippen LogP contribution in [0.25, 0.3) is 21.9 Å². The van der Waals surface area contributed by atoms with Gasteiger partial charge < -0.3 is 9.88 Å². The van der Waals surface area contributed by atoms with E-state index in [0.29, 0.717) is 19.0 Å². The van der Waals surface area contributed by atoms with Crippen LogP contribution >= 0.6 is 0 Å². The molecule has 2 fully saturated rings. The van der Waals surface area contributed by atoms with Gasteiger partial charge in [-0.1, -0.05) is 30.3 Å². The van der Waals surface area contributed by atoms with Crippen LogP contribution in [0.5, 0.6) is 0 Å². The number of pyridine rings is 1. The Labute approximate surface area is 179 Å². The fraction of sp³-hybridized carbons (Fsp3) is 0.320. The van der Waals surface area contributed by atoms with Gasteiger partial charge in [-0.05, 0) is 49.9 Å².